The molecule has 0 radical (unpaired) electrons. The zero-order valence-corrected chi connectivity index (χ0v) is 15.5. The largest absolute Gasteiger partial charge is 0.326 e. The second-order valence-electron chi connectivity index (χ2n) is 6.48. The van der Waals surface area contributed by atoms with Crippen LogP contribution < -0.4 is 10.2 Å². The maximum atomic E-state index is 12.5. The van der Waals surface area contributed by atoms with E-state index in [1.807, 2.05) is 74.2 Å². The molecule has 130 valence electrons. The lowest BCUT2D eigenvalue weighted by Gasteiger charge is -2.26. The SMILES string of the molecule is Cc1ccccc1N1C(=O)CSC1c1cccc(NC(=O)C(C)C)c1. The van der Waals surface area contributed by atoms with E-state index in [-0.39, 0.29) is 23.1 Å². The molecule has 4 nitrogen and oxygen atoms in total. The number of anilines is 2. The lowest BCUT2D eigenvalue weighted by molar-refractivity contribution is -0.119. The molecule has 0 aliphatic carbocycles. The first kappa shape index (κ1) is 17.5. The van der Waals surface area contributed by atoms with Gasteiger partial charge >= 0.3 is 0 Å². The maximum absolute atomic E-state index is 12.5. The highest BCUT2D eigenvalue weighted by Gasteiger charge is 2.34. The van der Waals surface area contributed by atoms with E-state index < -0.39 is 0 Å². The highest BCUT2D eigenvalue weighted by Crippen LogP contribution is 2.43. The molecule has 2 aromatic rings. The van der Waals surface area contributed by atoms with Gasteiger partial charge in [0.25, 0.3) is 0 Å². The van der Waals surface area contributed by atoms with Crippen LogP contribution in [0.2, 0.25) is 0 Å². The minimum absolute atomic E-state index is 0.0111. The van der Waals surface area contributed by atoms with Gasteiger partial charge in [-0.25, -0.2) is 0 Å². The van der Waals surface area contributed by atoms with Crippen molar-refractivity contribution in [2.75, 3.05) is 16.0 Å². The summed E-state index contributed by atoms with van der Waals surface area (Å²) in [5.41, 5.74) is 3.80. The minimum Gasteiger partial charge on any atom is -0.326 e. The van der Waals surface area contributed by atoms with Crippen molar-refractivity contribution < 1.29 is 9.59 Å². The van der Waals surface area contributed by atoms with Crippen molar-refractivity contribution in [3.05, 3.63) is 59.7 Å². The zero-order valence-electron chi connectivity index (χ0n) is 14.7. The number of carbonyl (C=O) groups is 2. The number of carbonyl (C=O) groups excluding carboxylic acids is 2. The summed E-state index contributed by atoms with van der Waals surface area (Å²) in [7, 11) is 0. The van der Waals surface area contributed by atoms with E-state index in [1.165, 1.54) is 0 Å². The molecular formula is C20H22N2O2S. The quantitative estimate of drug-likeness (QED) is 0.887. The summed E-state index contributed by atoms with van der Waals surface area (Å²) >= 11 is 1.61. The standard InChI is InChI=1S/C20H22N2O2S/c1-13(2)19(24)21-16-9-6-8-15(11-16)20-22(18(23)12-25-20)17-10-5-4-7-14(17)3/h4-11,13,20H,12H2,1-3H3,(H,21,24). The van der Waals surface area contributed by atoms with E-state index >= 15 is 0 Å². The first-order valence-electron chi connectivity index (χ1n) is 8.37. The van der Waals surface area contributed by atoms with E-state index in [0.29, 0.717) is 5.75 Å². The summed E-state index contributed by atoms with van der Waals surface area (Å²) < 4.78 is 0. The molecule has 1 atom stereocenters. The molecular weight excluding hydrogens is 332 g/mol. The summed E-state index contributed by atoms with van der Waals surface area (Å²) in [6.45, 7) is 5.75. The van der Waals surface area contributed by atoms with Crippen molar-refractivity contribution in [3.8, 4) is 0 Å². The Kier molecular flexibility index (Phi) is 5.13. The number of benzene rings is 2. The van der Waals surface area contributed by atoms with Crippen LogP contribution >= 0.6 is 11.8 Å². The van der Waals surface area contributed by atoms with Crippen LogP contribution in [-0.4, -0.2) is 17.6 Å². The van der Waals surface area contributed by atoms with Gasteiger partial charge in [-0.3, -0.25) is 14.5 Å². The molecule has 0 spiro atoms. The minimum atomic E-state index is -0.0792. The monoisotopic (exact) mass is 354 g/mol. The number of thioether (sulfide) groups is 1. The number of nitrogens with one attached hydrogen (secondary N) is 1. The fourth-order valence-electron chi connectivity index (χ4n) is 2.82. The van der Waals surface area contributed by atoms with E-state index in [1.54, 1.807) is 11.8 Å². The van der Waals surface area contributed by atoms with Gasteiger partial charge in [-0.1, -0.05) is 44.2 Å². The lowest BCUT2D eigenvalue weighted by Crippen LogP contribution is -2.28. The molecule has 1 N–H and O–H groups in total. The van der Waals surface area contributed by atoms with E-state index in [2.05, 4.69) is 5.32 Å². The number of aryl methyl sites for hydroxylation is 1. The smallest absolute Gasteiger partial charge is 0.238 e. The summed E-state index contributed by atoms with van der Waals surface area (Å²) in [5, 5.41) is 2.85. The molecule has 1 aliphatic rings. The second-order valence-corrected chi connectivity index (χ2v) is 7.55. The van der Waals surface area contributed by atoms with Gasteiger partial charge in [0.15, 0.2) is 0 Å². The molecule has 1 unspecified atom stereocenters. The zero-order chi connectivity index (χ0) is 18.0. The number of rotatable bonds is 4. The molecule has 0 saturated carbocycles. The average molecular weight is 354 g/mol. The molecule has 25 heavy (non-hydrogen) atoms. The summed E-state index contributed by atoms with van der Waals surface area (Å²) in [6, 6.07) is 15.7. The Balaban J connectivity index is 1.91. The lowest BCUT2D eigenvalue weighted by atomic mass is 10.1. The second kappa shape index (κ2) is 7.31. The van der Waals surface area contributed by atoms with Crippen LogP contribution in [0.3, 0.4) is 0 Å². The first-order chi connectivity index (χ1) is 12.0. The molecule has 1 aliphatic heterocycles. The van der Waals surface area contributed by atoms with Gasteiger partial charge in [0.1, 0.15) is 5.37 Å². The maximum Gasteiger partial charge on any atom is 0.238 e. The van der Waals surface area contributed by atoms with Crippen LogP contribution in [0.25, 0.3) is 0 Å². The fourth-order valence-corrected chi connectivity index (χ4v) is 3.98. The van der Waals surface area contributed by atoms with Crippen molar-refractivity contribution in [1.29, 1.82) is 0 Å². The van der Waals surface area contributed by atoms with Crippen molar-refractivity contribution >= 4 is 35.0 Å². The van der Waals surface area contributed by atoms with Gasteiger partial charge in [-0.05, 0) is 36.2 Å². The molecule has 1 heterocycles. The third kappa shape index (κ3) is 3.71. The molecule has 0 aromatic heterocycles. The average Bonchev–Trinajstić information content (AvgIpc) is 2.97. The number of nitrogens with zero attached hydrogens (tertiary/aromatic N) is 1. The van der Waals surface area contributed by atoms with Crippen LogP contribution in [0, 0.1) is 12.8 Å². The Morgan fingerprint density at radius 1 is 1.20 bits per heavy atom. The predicted octanol–water partition coefficient (Wildman–Crippen LogP) is 4.37. The highest BCUT2D eigenvalue weighted by molar-refractivity contribution is 8.00. The van der Waals surface area contributed by atoms with Gasteiger partial charge < -0.3 is 5.32 Å². The van der Waals surface area contributed by atoms with Gasteiger partial charge in [-0.2, -0.15) is 0 Å². The number of hydrogen-bond acceptors (Lipinski definition) is 3. The molecule has 5 heteroatoms. The Labute approximate surface area is 152 Å². The van der Waals surface area contributed by atoms with Gasteiger partial charge in [-0.15, -0.1) is 11.8 Å². The van der Waals surface area contributed by atoms with Crippen molar-refractivity contribution in [3.63, 3.8) is 0 Å². The first-order valence-corrected chi connectivity index (χ1v) is 9.42. The third-order valence-electron chi connectivity index (χ3n) is 4.21. The van der Waals surface area contributed by atoms with Crippen LogP contribution in [0.5, 0.6) is 0 Å². The molecule has 1 saturated heterocycles. The number of hydrogen-bond donors (Lipinski definition) is 1. The van der Waals surface area contributed by atoms with Crippen LogP contribution in [0.1, 0.15) is 30.3 Å². The molecule has 3 rings (SSSR count). The van der Waals surface area contributed by atoms with Gasteiger partial charge in [0, 0.05) is 17.3 Å². The Morgan fingerprint density at radius 3 is 2.68 bits per heavy atom. The number of para-hydroxylation sites is 1. The topological polar surface area (TPSA) is 49.4 Å². The Bertz CT molecular complexity index is 804. The fraction of sp³-hybridized carbons (Fsp3) is 0.300. The van der Waals surface area contributed by atoms with Gasteiger partial charge in [0.05, 0.1) is 5.75 Å². The normalized spacial score (nSPS) is 17.2. The molecule has 0 bridgehead atoms. The predicted molar refractivity (Wildman–Crippen MR) is 104 cm³/mol. The molecule has 1 fully saturated rings. The van der Waals surface area contributed by atoms with E-state index in [9.17, 15) is 9.59 Å². The molecule has 2 aromatic carbocycles. The summed E-state index contributed by atoms with van der Waals surface area (Å²) in [5.74, 6) is 0.486. The highest BCUT2D eigenvalue weighted by atomic mass is 32.2. The van der Waals surface area contributed by atoms with Crippen LogP contribution in [0.15, 0.2) is 48.5 Å². The van der Waals surface area contributed by atoms with Crippen LogP contribution in [-0.2, 0) is 9.59 Å². The molecule has 2 amide bonds. The summed E-state index contributed by atoms with van der Waals surface area (Å²) in [6.07, 6.45) is 0. The summed E-state index contributed by atoms with van der Waals surface area (Å²) in [4.78, 5) is 26.3. The van der Waals surface area contributed by atoms with Gasteiger partial charge in [0.2, 0.25) is 11.8 Å². The number of amides is 2. The van der Waals surface area contributed by atoms with E-state index in [0.717, 1.165) is 22.5 Å². The van der Waals surface area contributed by atoms with Crippen molar-refractivity contribution in [1.82, 2.24) is 0 Å². The van der Waals surface area contributed by atoms with Crippen LogP contribution in [0.4, 0.5) is 11.4 Å². The van der Waals surface area contributed by atoms with E-state index in [4.69, 9.17) is 0 Å². The third-order valence-corrected chi connectivity index (χ3v) is 5.42. The van der Waals surface area contributed by atoms with Crippen molar-refractivity contribution in [2.24, 2.45) is 5.92 Å². The Morgan fingerprint density at radius 2 is 1.96 bits per heavy atom. The van der Waals surface area contributed by atoms with Crippen molar-refractivity contribution in [2.45, 2.75) is 26.1 Å². The Hall–Kier alpha value is -2.27.